The molecule has 0 aromatic carbocycles. The van der Waals surface area contributed by atoms with Crippen molar-refractivity contribution >= 4 is 45.0 Å². The predicted molar refractivity (Wildman–Crippen MR) is 102 cm³/mol. The molecule has 0 saturated carbocycles. The quantitative estimate of drug-likeness (QED) is 0.524. The number of rotatable bonds is 4. The van der Waals surface area contributed by atoms with Crippen molar-refractivity contribution in [2.45, 2.75) is 49.9 Å². The molecule has 26 heavy (non-hydrogen) atoms. The number of nitrogens with zero attached hydrogens (tertiary/aromatic N) is 2. The van der Waals surface area contributed by atoms with E-state index in [2.05, 4.69) is 20.4 Å². The Bertz CT molecular complexity index is 1040. The van der Waals surface area contributed by atoms with Crippen molar-refractivity contribution in [1.29, 1.82) is 0 Å². The first kappa shape index (κ1) is 17.3. The summed E-state index contributed by atoms with van der Waals surface area (Å²) in [6, 6.07) is 1.65. The number of thioether (sulfide) groups is 1. The molecule has 0 saturated heterocycles. The molecule has 1 atom stereocenters. The molecule has 0 unspecified atom stereocenters. The molecule has 1 amide bonds. The second-order valence-electron chi connectivity index (χ2n) is 6.33. The van der Waals surface area contributed by atoms with Crippen molar-refractivity contribution < 1.29 is 9.32 Å². The van der Waals surface area contributed by atoms with E-state index in [9.17, 15) is 9.59 Å². The standard InChI is InChI=1S/C17H18N4O3S2/c1-8-7-12(21-24-8)18-14(22)9(2)25-17-19-15(23)13-10-5-3-4-6-11(10)26-16(13)20-17/h7,9H,3-6H2,1-2H3,(H,18,21,22)(H,19,20,23)/t9-/m1/s1. The molecule has 3 aromatic rings. The summed E-state index contributed by atoms with van der Waals surface area (Å²) in [5.74, 6) is 0.776. The fraction of sp³-hybridized carbons (Fsp3) is 0.412. The van der Waals surface area contributed by atoms with E-state index in [1.54, 1.807) is 31.3 Å². The number of carbonyl (C=O) groups is 1. The number of amides is 1. The lowest BCUT2D eigenvalue weighted by atomic mass is 9.97. The zero-order valence-corrected chi connectivity index (χ0v) is 16.1. The van der Waals surface area contributed by atoms with Crippen molar-refractivity contribution in [1.82, 2.24) is 15.1 Å². The number of carbonyl (C=O) groups excluding carboxylic acids is 1. The maximum absolute atomic E-state index is 12.6. The van der Waals surface area contributed by atoms with E-state index in [1.807, 2.05) is 0 Å². The van der Waals surface area contributed by atoms with Crippen LogP contribution in [0.3, 0.4) is 0 Å². The average molecular weight is 390 g/mol. The molecule has 0 fully saturated rings. The monoisotopic (exact) mass is 390 g/mol. The number of hydrogen-bond acceptors (Lipinski definition) is 7. The van der Waals surface area contributed by atoms with Gasteiger partial charge in [0.05, 0.1) is 10.6 Å². The van der Waals surface area contributed by atoms with Gasteiger partial charge < -0.3 is 14.8 Å². The van der Waals surface area contributed by atoms with Gasteiger partial charge in [0.25, 0.3) is 5.56 Å². The van der Waals surface area contributed by atoms with Gasteiger partial charge in [-0.3, -0.25) is 9.59 Å². The average Bonchev–Trinajstić information content (AvgIpc) is 3.17. The highest BCUT2D eigenvalue weighted by Gasteiger charge is 2.22. The normalized spacial score (nSPS) is 15.0. The van der Waals surface area contributed by atoms with Crippen LogP contribution in [0.2, 0.25) is 0 Å². The number of aromatic amines is 1. The summed E-state index contributed by atoms with van der Waals surface area (Å²) in [6.45, 7) is 3.52. The van der Waals surface area contributed by atoms with E-state index in [0.29, 0.717) is 16.7 Å². The Morgan fingerprint density at radius 3 is 3.00 bits per heavy atom. The third-order valence-corrected chi connectivity index (χ3v) is 6.51. The molecule has 4 rings (SSSR count). The van der Waals surface area contributed by atoms with Crippen LogP contribution >= 0.6 is 23.1 Å². The maximum atomic E-state index is 12.6. The van der Waals surface area contributed by atoms with E-state index in [-0.39, 0.29) is 11.5 Å². The minimum absolute atomic E-state index is 0.114. The molecule has 0 bridgehead atoms. The molecule has 0 aliphatic heterocycles. The first-order valence-electron chi connectivity index (χ1n) is 8.46. The van der Waals surface area contributed by atoms with E-state index >= 15 is 0 Å². The first-order valence-corrected chi connectivity index (χ1v) is 10.2. The Kier molecular flexibility index (Phi) is 4.58. The van der Waals surface area contributed by atoms with Crippen LogP contribution in [0.25, 0.3) is 10.2 Å². The number of anilines is 1. The second kappa shape index (κ2) is 6.88. The van der Waals surface area contributed by atoms with Crippen molar-refractivity contribution in [3.05, 3.63) is 32.6 Å². The summed E-state index contributed by atoms with van der Waals surface area (Å²) in [6.07, 6.45) is 4.25. The Labute approximate surface area is 157 Å². The molecule has 2 N–H and O–H groups in total. The molecular weight excluding hydrogens is 372 g/mol. The van der Waals surface area contributed by atoms with Crippen LogP contribution in [0.4, 0.5) is 5.82 Å². The highest BCUT2D eigenvalue weighted by molar-refractivity contribution is 8.00. The lowest BCUT2D eigenvalue weighted by Gasteiger charge is -2.10. The van der Waals surface area contributed by atoms with Gasteiger partial charge in [0, 0.05) is 10.9 Å². The highest BCUT2D eigenvalue weighted by Crippen LogP contribution is 2.34. The van der Waals surface area contributed by atoms with Crippen molar-refractivity contribution in [3.63, 3.8) is 0 Å². The molecule has 1 aliphatic rings. The van der Waals surface area contributed by atoms with Gasteiger partial charge in [-0.2, -0.15) is 0 Å². The topological polar surface area (TPSA) is 101 Å². The lowest BCUT2D eigenvalue weighted by molar-refractivity contribution is -0.115. The molecule has 7 nitrogen and oxygen atoms in total. The SMILES string of the molecule is Cc1cc(NC(=O)[C@@H](C)Sc2nc3sc4c(c3c(=O)[nH]2)CCCC4)no1. The van der Waals surface area contributed by atoms with Gasteiger partial charge in [0.2, 0.25) is 5.91 Å². The van der Waals surface area contributed by atoms with Gasteiger partial charge >= 0.3 is 0 Å². The number of thiophene rings is 1. The molecule has 3 aromatic heterocycles. The molecule has 136 valence electrons. The van der Waals surface area contributed by atoms with Crippen LogP contribution in [-0.2, 0) is 17.6 Å². The number of nitrogens with one attached hydrogen (secondary N) is 2. The molecule has 3 heterocycles. The van der Waals surface area contributed by atoms with Crippen LogP contribution in [0.15, 0.2) is 20.5 Å². The van der Waals surface area contributed by atoms with Crippen LogP contribution in [0, 0.1) is 6.92 Å². The fourth-order valence-corrected chi connectivity index (χ4v) is 5.19. The van der Waals surface area contributed by atoms with Crippen LogP contribution in [0.5, 0.6) is 0 Å². The van der Waals surface area contributed by atoms with E-state index in [0.717, 1.165) is 41.5 Å². The Balaban J connectivity index is 1.55. The van der Waals surface area contributed by atoms with E-state index in [4.69, 9.17) is 4.52 Å². The zero-order chi connectivity index (χ0) is 18.3. The number of hydrogen-bond donors (Lipinski definition) is 2. The van der Waals surface area contributed by atoms with Gasteiger partial charge in [-0.15, -0.1) is 11.3 Å². The summed E-state index contributed by atoms with van der Waals surface area (Å²) in [7, 11) is 0. The molecule has 1 aliphatic carbocycles. The minimum Gasteiger partial charge on any atom is -0.360 e. The fourth-order valence-electron chi connectivity index (χ4n) is 3.07. The van der Waals surface area contributed by atoms with Crippen molar-refractivity contribution in [3.8, 4) is 0 Å². The number of fused-ring (bicyclic) bond motifs is 3. The van der Waals surface area contributed by atoms with E-state index < -0.39 is 5.25 Å². The van der Waals surface area contributed by atoms with Gasteiger partial charge in [-0.1, -0.05) is 16.9 Å². The number of H-pyrrole nitrogens is 1. The molecule has 0 radical (unpaired) electrons. The number of aromatic nitrogens is 3. The van der Waals surface area contributed by atoms with Crippen molar-refractivity contribution in [2.75, 3.05) is 5.32 Å². The smallest absolute Gasteiger partial charge is 0.260 e. The molecule has 0 spiro atoms. The van der Waals surface area contributed by atoms with Crippen molar-refractivity contribution in [2.24, 2.45) is 0 Å². The van der Waals surface area contributed by atoms with Crippen LogP contribution in [0.1, 0.15) is 36.0 Å². The maximum Gasteiger partial charge on any atom is 0.260 e. The lowest BCUT2D eigenvalue weighted by Crippen LogP contribution is -2.23. The summed E-state index contributed by atoms with van der Waals surface area (Å²) in [5.41, 5.74) is 1.05. The van der Waals surface area contributed by atoms with Crippen LogP contribution in [-0.4, -0.2) is 26.3 Å². The Hall–Kier alpha value is -2.13. The molecular formula is C17H18N4O3S2. The van der Waals surface area contributed by atoms with Gasteiger partial charge in [0.15, 0.2) is 11.0 Å². The largest absolute Gasteiger partial charge is 0.360 e. The molecule has 9 heteroatoms. The Morgan fingerprint density at radius 2 is 2.23 bits per heavy atom. The Morgan fingerprint density at radius 1 is 1.42 bits per heavy atom. The first-order chi connectivity index (χ1) is 12.5. The van der Waals surface area contributed by atoms with Crippen LogP contribution < -0.4 is 10.9 Å². The highest BCUT2D eigenvalue weighted by atomic mass is 32.2. The summed E-state index contributed by atoms with van der Waals surface area (Å²) in [5, 5.41) is 7.18. The minimum atomic E-state index is -0.442. The summed E-state index contributed by atoms with van der Waals surface area (Å²) in [4.78, 5) is 34.3. The summed E-state index contributed by atoms with van der Waals surface area (Å²) >= 11 is 2.82. The number of aryl methyl sites for hydroxylation is 3. The predicted octanol–water partition coefficient (Wildman–Crippen LogP) is 3.28. The third-order valence-electron chi connectivity index (χ3n) is 4.34. The zero-order valence-electron chi connectivity index (χ0n) is 14.4. The van der Waals surface area contributed by atoms with Gasteiger partial charge in [-0.05, 0) is 45.1 Å². The van der Waals surface area contributed by atoms with E-state index in [1.165, 1.54) is 16.6 Å². The second-order valence-corrected chi connectivity index (χ2v) is 8.75. The summed E-state index contributed by atoms with van der Waals surface area (Å²) < 4.78 is 4.94. The third kappa shape index (κ3) is 3.28. The van der Waals surface area contributed by atoms with Gasteiger partial charge in [0.1, 0.15) is 10.6 Å². The van der Waals surface area contributed by atoms with Gasteiger partial charge in [-0.25, -0.2) is 4.98 Å².